The van der Waals surface area contributed by atoms with Gasteiger partial charge in [0.1, 0.15) is 76.7 Å². The Morgan fingerprint density at radius 3 is 1.12 bits per heavy atom. The number of anilines is 3. The predicted molar refractivity (Wildman–Crippen MR) is 424 cm³/mol. The van der Waals surface area contributed by atoms with Gasteiger partial charge in [-0.05, 0) is 159 Å². The number of rotatable bonds is 12. The van der Waals surface area contributed by atoms with Crippen molar-refractivity contribution in [3.05, 3.63) is 300 Å². The van der Waals surface area contributed by atoms with Gasteiger partial charge in [-0.1, -0.05) is 72.3 Å². The number of aryl methyl sites for hydroxylation is 4. The number of hydrogen-bond donors (Lipinski definition) is 6. The van der Waals surface area contributed by atoms with Crippen molar-refractivity contribution < 1.29 is 28.5 Å². The van der Waals surface area contributed by atoms with E-state index in [1.807, 2.05) is 63.2 Å². The zero-order chi connectivity index (χ0) is 78.8. The lowest BCUT2D eigenvalue weighted by Gasteiger charge is -2.17. The van der Waals surface area contributed by atoms with E-state index in [1.54, 1.807) is 124 Å². The molecule has 0 spiro atoms. The van der Waals surface area contributed by atoms with Crippen molar-refractivity contribution in [3.63, 3.8) is 0 Å². The van der Waals surface area contributed by atoms with Crippen LogP contribution in [0.2, 0.25) is 5.02 Å². The fourth-order valence-electron chi connectivity index (χ4n) is 14.0. The first kappa shape index (κ1) is 72.1. The quantitative estimate of drug-likeness (QED) is 0.0661. The summed E-state index contributed by atoms with van der Waals surface area (Å²) in [4.78, 5) is 80.2. The number of nitrogens with two attached hydrogens (primary N) is 3. The number of nitrogen functional groups attached to an aromatic ring is 3. The van der Waals surface area contributed by atoms with E-state index in [1.165, 1.54) is 69.2 Å². The highest BCUT2D eigenvalue weighted by molar-refractivity contribution is 6.32. The first-order valence-corrected chi connectivity index (χ1v) is 35.2. The lowest BCUT2D eigenvalue weighted by molar-refractivity contribution is 0.432. The molecule has 0 amide bonds. The van der Waals surface area contributed by atoms with Gasteiger partial charge in [0, 0.05) is 35.3 Å². The first-order chi connectivity index (χ1) is 54.6. The highest BCUT2D eigenvalue weighted by atomic mass is 35.5. The summed E-state index contributed by atoms with van der Waals surface area (Å²) in [6.45, 7) is 7.73. The van der Waals surface area contributed by atoms with Gasteiger partial charge < -0.3 is 32.5 Å². The van der Waals surface area contributed by atoms with Crippen molar-refractivity contribution in [2.45, 2.75) is 47.3 Å². The van der Waals surface area contributed by atoms with Gasteiger partial charge in [-0.2, -0.15) is 15.3 Å². The van der Waals surface area contributed by atoms with Gasteiger partial charge in [0.05, 0.1) is 108 Å². The van der Waals surface area contributed by atoms with Crippen molar-refractivity contribution in [1.29, 1.82) is 0 Å². The molecule has 0 fully saturated rings. The Kier molecular flexibility index (Phi) is 18.6. The van der Waals surface area contributed by atoms with Crippen LogP contribution in [-0.4, -0.2) is 103 Å². The number of hydrogen-bond acceptors (Lipinski definition) is 21. The number of fused-ring (bicyclic) bond motifs is 6. The molecule has 27 nitrogen and oxygen atoms in total. The fraction of sp³-hybridized carbons (Fsp3) is 0.0854. The zero-order valence-electron chi connectivity index (χ0n) is 60.1. The molecule has 0 saturated heterocycles. The summed E-state index contributed by atoms with van der Waals surface area (Å²) >= 11 is 6.00. The highest BCUT2D eigenvalue weighted by Gasteiger charge is 2.27. The smallest absolute Gasteiger partial charge is 0.265 e. The maximum Gasteiger partial charge on any atom is 0.265 e. The number of aromatic hydroxyl groups is 3. The summed E-state index contributed by atoms with van der Waals surface area (Å²) in [6, 6.07) is 45.8. The third-order valence-electron chi connectivity index (χ3n) is 19.3. The van der Waals surface area contributed by atoms with Crippen molar-refractivity contribution in [1.82, 2.24) is 87.9 Å². The third kappa shape index (κ3) is 13.1. The molecular weight excluding hydrogens is 1470 g/mol. The van der Waals surface area contributed by atoms with Crippen molar-refractivity contribution in [3.8, 4) is 68.1 Å². The highest BCUT2D eigenvalue weighted by Crippen LogP contribution is 2.38. The molecule has 18 rings (SSSR count). The number of phenols is 3. The van der Waals surface area contributed by atoms with Gasteiger partial charge in [0.25, 0.3) is 16.7 Å². The van der Waals surface area contributed by atoms with Crippen LogP contribution >= 0.6 is 11.6 Å². The Bertz CT molecular complexity index is 6840. The SMILES string of the molecule is Cc1ccccc1-n1c(Cn2nc(-c3cccc(O)c3)c3c(N)ncnc32)cc2nccc(C)c2c1=O.Cc1ccnc2cc(Cn3nc(-c4ccc(Cl)c(O)c4)c4c(N)ncnc43)n(-c3ccccc3F)c(=O)c12.Cc1ccnc2cc(Cn3nc(-c4ccc(F)c(O)c4)c4c(N)ncnc43)n(-c3ccccc3F)c(=O)c12. The van der Waals surface area contributed by atoms with Crippen LogP contribution in [0.1, 0.15) is 39.3 Å². The van der Waals surface area contributed by atoms with Crippen LogP contribution in [0.5, 0.6) is 17.2 Å². The van der Waals surface area contributed by atoms with Gasteiger partial charge in [-0.3, -0.25) is 43.0 Å². The second-order valence-corrected chi connectivity index (χ2v) is 26.9. The number of nitrogens with zero attached hydrogens (tertiary/aromatic N) is 18. The molecule has 0 radical (unpaired) electrons. The van der Waals surface area contributed by atoms with Crippen LogP contribution in [0.4, 0.5) is 30.6 Å². The number of halogens is 4. The third-order valence-corrected chi connectivity index (χ3v) is 19.6. The molecule has 0 saturated carbocycles. The Hall–Kier alpha value is -15.1. The number of pyridine rings is 6. The van der Waals surface area contributed by atoms with Gasteiger partial charge in [-0.15, -0.1) is 0 Å². The van der Waals surface area contributed by atoms with Gasteiger partial charge in [0.2, 0.25) is 0 Å². The zero-order valence-corrected chi connectivity index (χ0v) is 60.9. The standard InChI is InChI=1S/C28H23N7O2.C27H19ClFN7O2.C27H19F2N7O2/c1-16-6-3-4-9-22(16)35-19(13-21-23(28(35)37)17(2)10-11-30-21)14-34-27-24(26(29)31-15-32-27)25(33-34)18-7-5-8-20(36)12-18;1-14-8-9-31-19-11-16(36(27(38)22(14)19)20-5-3-2-4-18(20)29)12-35-26-23(25(30)32-13-33-26)24(34-35)15-6-7-17(28)21(37)10-15;1-14-8-9-31-19-11-16(36(27(38)22(14)19)20-5-3-2-4-17(20)28)12-35-26-23(25(30)32-13-33-26)24(34-35)15-6-7-18(29)21(37)10-15/h3-13,15,36H,14H2,1-2H3,(H2,29,31,32);2*2-11,13,37H,12H2,1H3,(H2,30,32,33). The van der Waals surface area contributed by atoms with E-state index >= 15 is 4.39 Å². The second kappa shape index (κ2) is 29.1. The van der Waals surface area contributed by atoms with Crippen LogP contribution in [-0.2, 0) is 19.6 Å². The number of benzene rings is 6. The summed E-state index contributed by atoms with van der Waals surface area (Å²) in [5.74, 6) is -1.87. The van der Waals surface area contributed by atoms with Crippen LogP contribution < -0.4 is 33.9 Å². The van der Waals surface area contributed by atoms with Crippen molar-refractivity contribution in [2.24, 2.45) is 0 Å². The number of para-hydroxylation sites is 3. The molecule has 6 aromatic carbocycles. The van der Waals surface area contributed by atoms with Crippen LogP contribution in [0.15, 0.2) is 222 Å². The van der Waals surface area contributed by atoms with E-state index in [4.69, 9.17) is 39.0 Å². The lowest BCUT2D eigenvalue weighted by Crippen LogP contribution is -2.25. The predicted octanol–water partition coefficient (Wildman–Crippen LogP) is 12.9. The van der Waals surface area contributed by atoms with E-state index in [-0.39, 0.29) is 70.5 Å². The normalized spacial score (nSPS) is 11.4. The van der Waals surface area contributed by atoms with Crippen LogP contribution in [0.25, 0.3) is 117 Å². The minimum Gasteiger partial charge on any atom is -0.508 e. The van der Waals surface area contributed by atoms with Crippen molar-refractivity contribution in [2.75, 3.05) is 17.2 Å². The van der Waals surface area contributed by atoms with Gasteiger partial charge in [0.15, 0.2) is 28.5 Å². The first-order valence-electron chi connectivity index (χ1n) is 34.8. The Labute approximate surface area is 640 Å². The van der Waals surface area contributed by atoms with Crippen LogP contribution in [0, 0.1) is 45.1 Å². The molecule has 12 heterocycles. The minimum atomic E-state index is -0.783. The fourth-order valence-corrected chi connectivity index (χ4v) is 14.1. The molecule has 558 valence electrons. The summed E-state index contributed by atoms with van der Waals surface area (Å²) in [6.07, 6.45) is 8.91. The molecule has 12 aromatic heterocycles. The molecule has 0 bridgehead atoms. The Balaban J connectivity index is 0.000000128. The van der Waals surface area contributed by atoms with E-state index in [0.717, 1.165) is 28.4 Å². The Morgan fingerprint density at radius 2 is 0.735 bits per heavy atom. The van der Waals surface area contributed by atoms with Gasteiger partial charge in [-0.25, -0.2) is 57.1 Å². The molecule has 113 heavy (non-hydrogen) atoms. The molecule has 31 heteroatoms. The summed E-state index contributed by atoms with van der Waals surface area (Å²) < 4.78 is 52.8. The van der Waals surface area contributed by atoms with E-state index in [0.29, 0.717) is 122 Å². The van der Waals surface area contributed by atoms with Gasteiger partial charge >= 0.3 is 0 Å². The van der Waals surface area contributed by atoms with E-state index < -0.39 is 34.3 Å². The monoisotopic (exact) mass is 1530 g/mol. The molecule has 0 unspecified atom stereocenters. The number of phenolic OH excluding ortho intramolecular Hbond substituents is 3. The molecule has 0 aliphatic heterocycles. The number of aromatic nitrogens is 18. The topological polar surface area (TPSA) is 374 Å². The molecule has 0 aliphatic carbocycles. The lowest BCUT2D eigenvalue weighted by atomic mass is 10.1. The summed E-state index contributed by atoms with van der Waals surface area (Å²) in [5, 5.41) is 47.3. The maximum absolute atomic E-state index is 15.0. The molecule has 0 atom stereocenters. The maximum atomic E-state index is 15.0. The second-order valence-electron chi connectivity index (χ2n) is 26.5. The minimum absolute atomic E-state index is 0.0186. The molecule has 9 N–H and O–H groups in total. The Morgan fingerprint density at radius 1 is 0.363 bits per heavy atom. The van der Waals surface area contributed by atoms with Crippen LogP contribution in [0.3, 0.4) is 0 Å². The summed E-state index contributed by atoms with van der Waals surface area (Å²) in [5.41, 5.74) is 29.1. The summed E-state index contributed by atoms with van der Waals surface area (Å²) in [7, 11) is 0. The average Bonchev–Trinajstić information content (AvgIpc) is 1.59. The van der Waals surface area contributed by atoms with Crippen molar-refractivity contribution >= 4 is 94.9 Å². The van der Waals surface area contributed by atoms with E-state index in [2.05, 4.69) is 50.0 Å². The average molecular weight is 1530 g/mol. The molecule has 18 aromatic rings. The largest absolute Gasteiger partial charge is 0.508 e. The van der Waals surface area contributed by atoms with E-state index in [9.17, 15) is 38.5 Å². The molecule has 0 aliphatic rings. The molecular formula is C82H61ClF3N21O6.